The van der Waals surface area contributed by atoms with Crippen molar-refractivity contribution in [3.05, 3.63) is 46.6 Å². The number of benzene rings is 1. The van der Waals surface area contributed by atoms with Crippen molar-refractivity contribution in [2.24, 2.45) is 0 Å². The maximum absolute atomic E-state index is 12.1. The molecule has 0 bridgehead atoms. The number of halogens is 1. The molecule has 104 valence electrons. The average Bonchev–Trinajstić information content (AvgIpc) is 3.00. The van der Waals surface area contributed by atoms with E-state index < -0.39 is 5.60 Å². The Balaban J connectivity index is 2.02. The van der Waals surface area contributed by atoms with Gasteiger partial charge in [-0.15, -0.1) is 0 Å². The Morgan fingerprint density at radius 1 is 1.40 bits per heavy atom. The quantitative estimate of drug-likeness (QED) is 0.918. The summed E-state index contributed by atoms with van der Waals surface area (Å²) in [6, 6.07) is 9.15. The van der Waals surface area contributed by atoms with Gasteiger partial charge in [-0.25, -0.2) is 0 Å². The zero-order chi connectivity index (χ0) is 14.3. The smallest absolute Gasteiger partial charge is 0.258 e. The molecule has 2 aromatic rings. The van der Waals surface area contributed by atoms with E-state index in [4.69, 9.17) is 4.42 Å². The van der Waals surface area contributed by atoms with Crippen LogP contribution in [0.1, 0.15) is 12.0 Å². The van der Waals surface area contributed by atoms with E-state index in [0.29, 0.717) is 24.3 Å². The van der Waals surface area contributed by atoms with E-state index in [2.05, 4.69) is 15.9 Å². The van der Waals surface area contributed by atoms with Crippen LogP contribution in [-0.4, -0.2) is 29.5 Å². The fourth-order valence-corrected chi connectivity index (χ4v) is 2.82. The van der Waals surface area contributed by atoms with Crippen molar-refractivity contribution in [2.75, 3.05) is 13.6 Å². The molecular weight excluding hydrogens is 322 g/mol. The second kappa shape index (κ2) is 4.75. The van der Waals surface area contributed by atoms with Crippen molar-refractivity contribution >= 4 is 21.8 Å². The first-order valence-corrected chi connectivity index (χ1v) is 7.13. The van der Waals surface area contributed by atoms with Crippen LogP contribution >= 0.6 is 15.9 Å². The molecule has 1 saturated heterocycles. The van der Waals surface area contributed by atoms with Crippen LogP contribution in [0.2, 0.25) is 0 Å². The zero-order valence-corrected chi connectivity index (χ0v) is 12.6. The molecule has 4 nitrogen and oxygen atoms in total. The first-order chi connectivity index (χ1) is 9.50. The lowest BCUT2D eigenvalue weighted by Gasteiger charge is -2.21. The minimum Gasteiger partial charge on any atom is -0.463 e. The van der Waals surface area contributed by atoms with Gasteiger partial charge < -0.3 is 14.4 Å². The molecule has 1 aliphatic heterocycles. The van der Waals surface area contributed by atoms with Crippen molar-refractivity contribution in [1.82, 2.24) is 4.90 Å². The number of likely N-dealkylation sites (tertiary alicyclic amines) is 1. The van der Waals surface area contributed by atoms with Crippen molar-refractivity contribution in [2.45, 2.75) is 12.0 Å². The van der Waals surface area contributed by atoms with Crippen LogP contribution in [0.5, 0.6) is 0 Å². The fraction of sp³-hybridized carbons (Fsp3) is 0.267. The minimum absolute atomic E-state index is 0.254. The first kappa shape index (κ1) is 13.4. The van der Waals surface area contributed by atoms with E-state index in [-0.39, 0.29) is 5.91 Å². The number of carbonyl (C=O) groups is 1. The van der Waals surface area contributed by atoms with E-state index in [1.165, 1.54) is 0 Å². The number of furan rings is 1. The van der Waals surface area contributed by atoms with E-state index in [1.54, 1.807) is 24.3 Å². The highest BCUT2D eigenvalue weighted by Crippen LogP contribution is 2.35. The molecule has 0 spiro atoms. The molecule has 0 radical (unpaired) electrons. The number of carbonyl (C=O) groups excluding carboxylic acids is 1. The second-order valence-corrected chi connectivity index (χ2v) is 5.96. The number of likely N-dealkylation sites (N-methyl/N-ethyl adjacent to an activating group) is 1. The molecule has 1 aromatic heterocycles. The highest BCUT2D eigenvalue weighted by atomic mass is 79.9. The van der Waals surface area contributed by atoms with Gasteiger partial charge in [-0.3, -0.25) is 4.79 Å². The van der Waals surface area contributed by atoms with Gasteiger partial charge >= 0.3 is 0 Å². The molecule has 1 fully saturated rings. The molecule has 1 N–H and O–H groups in total. The lowest BCUT2D eigenvalue weighted by molar-refractivity contribution is -0.143. The number of aliphatic hydroxyl groups is 1. The summed E-state index contributed by atoms with van der Waals surface area (Å²) in [4.78, 5) is 13.7. The van der Waals surface area contributed by atoms with E-state index in [0.717, 1.165) is 10.0 Å². The van der Waals surface area contributed by atoms with Gasteiger partial charge in [-0.1, -0.05) is 18.2 Å². The largest absolute Gasteiger partial charge is 0.463 e. The van der Waals surface area contributed by atoms with Crippen LogP contribution in [-0.2, 0) is 10.4 Å². The second-order valence-electron chi connectivity index (χ2n) is 5.05. The topological polar surface area (TPSA) is 53.7 Å². The van der Waals surface area contributed by atoms with Gasteiger partial charge in [0.25, 0.3) is 5.91 Å². The Hall–Kier alpha value is -1.59. The molecule has 1 unspecified atom stereocenters. The van der Waals surface area contributed by atoms with Gasteiger partial charge in [-0.05, 0) is 33.6 Å². The SMILES string of the molecule is CN1CCC(O)(c2cccc(-c3cc(Br)co3)c2)C1=O. The van der Waals surface area contributed by atoms with Gasteiger partial charge in [-0.2, -0.15) is 0 Å². The standard InChI is InChI=1S/C15H14BrNO3/c1-17-6-5-15(19,14(17)18)11-4-2-3-10(7-11)13-8-12(16)9-20-13/h2-4,7-9,19H,5-6H2,1H3. The van der Waals surface area contributed by atoms with E-state index >= 15 is 0 Å². The molecule has 1 atom stereocenters. The number of nitrogens with zero attached hydrogens (tertiary/aromatic N) is 1. The summed E-state index contributed by atoms with van der Waals surface area (Å²) >= 11 is 3.34. The third kappa shape index (κ3) is 2.07. The Kier molecular flexibility index (Phi) is 3.18. The van der Waals surface area contributed by atoms with Gasteiger partial charge in [0.15, 0.2) is 5.60 Å². The summed E-state index contributed by atoms with van der Waals surface area (Å²) in [5.41, 5.74) is 0.0232. The van der Waals surface area contributed by atoms with E-state index in [1.807, 2.05) is 24.3 Å². The molecule has 1 amide bonds. The number of hydrogen-bond donors (Lipinski definition) is 1. The van der Waals surface area contributed by atoms with Gasteiger partial charge in [0.2, 0.25) is 0 Å². The van der Waals surface area contributed by atoms with Crippen LogP contribution in [0.4, 0.5) is 0 Å². The Morgan fingerprint density at radius 3 is 2.80 bits per heavy atom. The van der Waals surface area contributed by atoms with Crippen LogP contribution in [0, 0.1) is 0 Å². The van der Waals surface area contributed by atoms with Crippen LogP contribution in [0.15, 0.2) is 45.5 Å². The van der Waals surface area contributed by atoms with Crippen molar-refractivity contribution in [3.63, 3.8) is 0 Å². The summed E-state index contributed by atoms with van der Waals surface area (Å²) in [7, 11) is 1.70. The van der Waals surface area contributed by atoms with Crippen molar-refractivity contribution in [1.29, 1.82) is 0 Å². The lowest BCUT2D eigenvalue weighted by Crippen LogP contribution is -2.36. The predicted molar refractivity (Wildman–Crippen MR) is 78.0 cm³/mol. The Bertz CT molecular complexity index is 667. The van der Waals surface area contributed by atoms with Crippen LogP contribution < -0.4 is 0 Å². The fourth-order valence-electron chi connectivity index (χ4n) is 2.52. The predicted octanol–water partition coefficient (Wildman–Crippen LogP) is 2.76. The lowest BCUT2D eigenvalue weighted by atomic mass is 9.91. The van der Waals surface area contributed by atoms with Gasteiger partial charge in [0.1, 0.15) is 12.0 Å². The average molecular weight is 336 g/mol. The molecule has 1 aromatic carbocycles. The zero-order valence-electron chi connectivity index (χ0n) is 11.0. The monoisotopic (exact) mass is 335 g/mol. The number of amides is 1. The summed E-state index contributed by atoms with van der Waals surface area (Å²) in [6.07, 6.45) is 2.01. The normalized spacial score (nSPS) is 22.6. The van der Waals surface area contributed by atoms with Gasteiger partial charge in [0.05, 0.1) is 4.47 Å². The highest BCUT2D eigenvalue weighted by molar-refractivity contribution is 9.10. The molecular formula is C15H14BrNO3. The maximum Gasteiger partial charge on any atom is 0.258 e. The molecule has 1 aliphatic rings. The number of hydrogen-bond acceptors (Lipinski definition) is 3. The number of rotatable bonds is 2. The third-order valence-electron chi connectivity index (χ3n) is 3.70. The maximum atomic E-state index is 12.1. The third-order valence-corrected chi connectivity index (χ3v) is 4.12. The molecule has 3 rings (SSSR count). The van der Waals surface area contributed by atoms with Crippen molar-refractivity contribution in [3.8, 4) is 11.3 Å². The molecule has 5 heteroatoms. The highest BCUT2D eigenvalue weighted by Gasteiger charge is 2.45. The summed E-state index contributed by atoms with van der Waals surface area (Å²) in [6.45, 7) is 0.561. The summed E-state index contributed by atoms with van der Waals surface area (Å²) < 4.78 is 6.28. The van der Waals surface area contributed by atoms with Gasteiger partial charge in [0, 0.05) is 25.6 Å². The van der Waals surface area contributed by atoms with Crippen LogP contribution in [0.3, 0.4) is 0 Å². The Labute approximate surface area is 125 Å². The van der Waals surface area contributed by atoms with Crippen molar-refractivity contribution < 1.29 is 14.3 Å². The Morgan fingerprint density at radius 2 is 2.20 bits per heavy atom. The molecule has 2 heterocycles. The van der Waals surface area contributed by atoms with E-state index in [9.17, 15) is 9.90 Å². The molecule has 0 saturated carbocycles. The summed E-state index contributed by atoms with van der Waals surface area (Å²) in [5.74, 6) is 0.441. The molecule has 0 aliphatic carbocycles. The first-order valence-electron chi connectivity index (χ1n) is 6.33. The van der Waals surface area contributed by atoms with Crippen LogP contribution in [0.25, 0.3) is 11.3 Å². The minimum atomic E-state index is -1.42. The molecule has 20 heavy (non-hydrogen) atoms. The summed E-state index contributed by atoms with van der Waals surface area (Å²) in [5, 5.41) is 10.6.